The van der Waals surface area contributed by atoms with Gasteiger partial charge in [-0.3, -0.25) is 4.98 Å². The van der Waals surface area contributed by atoms with Crippen LogP contribution >= 0.6 is 0 Å². The second-order valence-corrected chi connectivity index (χ2v) is 4.96. The first-order chi connectivity index (χ1) is 9.72. The second kappa shape index (κ2) is 5.64. The fourth-order valence-electron chi connectivity index (χ4n) is 2.36. The van der Waals surface area contributed by atoms with Crippen LogP contribution in [0.2, 0.25) is 0 Å². The minimum atomic E-state index is -0.441. The second-order valence-electron chi connectivity index (χ2n) is 4.96. The fraction of sp³-hybridized carbons (Fsp3) is 0.462. The van der Waals surface area contributed by atoms with Gasteiger partial charge < -0.3 is 15.2 Å². The zero-order valence-electron chi connectivity index (χ0n) is 11.0. The van der Waals surface area contributed by atoms with Crippen molar-refractivity contribution in [3.8, 4) is 11.5 Å². The molecule has 7 heteroatoms. The number of halogens is 1. The molecular weight excluding hydrogens is 261 g/mol. The van der Waals surface area contributed by atoms with Crippen molar-refractivity contribution in [1.82, 2.24) is 20.0 Å². The molecule has 0 aliphatic carbocycles. The predicted octanol–water partition coefficient (Wildman–Crippen LogP) is 1.37. The highest BCUT2D eigenvalue weighted by atomic mass is 19.1. The number of nitrogens with two attached hydrogens (primary N) is 1. The Bertz CT molecular complexity index is 582. The van der Waals surface area contributed by atoms with Gasteiger partial charge in [0, 0.05) is 12.7 Å². The van der Waals surface area contributed by atoms with Crippen LogP contribution in [0.1, 0.15) is 24.7 Å². The van der Waals surface area contributed by atoms with Gasteiger partial charge >= 0.3 is 0 Å². The van der Waals surface area contributed by atoms with Crippen LogP contribution in [-0.2, 0) is 0 Å². The number of hydrogen-bond donors (Lipinski definition) is 1. The molecule has 0 aromatic carbocycles. The summed E-state index contributed by atoms with van der Waals surface area (Å²) in [4.78, 5) is 10.3. The molecule has 106 valence electrons. The van der Waals surface area contributed by atoms with Crippen LogP contribution in [0.3, 0.4) is 0 Å². The van der Waals surface area contributed by atoms with Gasteiger partial charge in [0.05, 0.1) is 17.8 Å². The molecule has 0 spiro atoms. The van der Waals surface area contributed by atoms with Crippen LogP contribution in [-0.4, -0.2) is 39.7 Å². The first-order valence-corrected chi connectivity index (χ1v) is 6.65. The highest BCUT2D eigenvalue weighted by molar-refractivity contribution is 5.50. The average molecular weight is 277 g/mol. The van der Waals surface area contributed by atoms with Crippen LogP contribution in [0, 0.1) is 5.82 Å². The molecule has 0 amide bonds. The number of rotatable bonds is 4. The average Bonchev–Trinajstić information content (AvgIpc) is 3.09. The Kier molecular flexibility index (Phi) is 3.70. The molecule has 1 aliphatic heterocycles. The van der Waals surface area contributed by atoms with Crippen molar-refractivity contribution in [3.63, 3.8) is 0 Å². The SMILES string of the molecule is NC(CN1CCCC1)c1noc(-c2cncc(F)c2)n1. The van der Waals surface area contributed by atoms with Crippen molar-refractivity contribution in [3.05, 3.63) is 30.1 Å². The Morgan fingerprint density at radius 2 is 2.15 bits per heavy atom. The lowest BCUT2D eigenvalue weighted by molar-refractivity contribution is 0.306. The third-order valence-corrected chi connectivity index (χ3v) is 3.38. The van der Waals surface area contributed by atoms with E-state index in [0.29, 0.717) is 17.9 Å². The Morgan fingerprint density at radius 1 is 1.35 bits per heavy atom. The van der Waals surface area contributed by atoms with Gasteiger partial charge in [-0.05, 0) is 32.0 Å². The Morgan fingerprint density at radius 3 is 2.90 bits per heavy atom. The van der Waals surface area contributed by atoms with Gasteiger partial charge in [0.25, 0.3) is 5.89 Å². The maximum absolute atomic E-state index is 13.1. The summed E-state index contributed by atoms with van der Waals surface area (Å²) in [7, 11) is 0. The Balaban J connectivity index is 1.72. The van der Waals surface area contributed by atoms with Gasteiger partial charge in [-0.2, -0.15) is 4.98 Å². The Labute approximate surface area is 115 Å². The highest BCUT2D eigenvalue weighted by Gasteiger charge is 2.20. The maximum Gasteiger partial charge on any atom is 0.259 e. The summed E-state index contributed by atoms with van der Waals surface area (Å²) >= 11 is 0. The van der Waals surface area contributed by atoms with Crippen molar-refractivity contribution >= 4 is 0 Å². The maximum atomic E-state index is 13.1. The van der Waals surface area contributed by atoms with Crippen LogP contribution in [0.5, 0.6) is 0 Å². The summed E-state index contributed by atoms with van der Waals surface area (Å²) in [6.45, 7) is 2.83. The summed E-state index contributed by atoms with van der Waals surface area (Å²) in [5, 5.41) is 3.88. The molecule has 1 saturated heterocycles. The molecule has 1 atom stereocenters. The molecule has 0 saturated carbocycles. The summed E-state index contributed by atoms with van der Waals surface area (Å²) in [5.41, 5.74) is 6.54. The van der Waals surface area contributed by atoms with Crippen LogP contribution in [0.4, 0.5) is 4.39 Å². The molecule has 2 aromatic rings. The normalized spacial score (nSPS) is 17.5. The fourth-order valence-corrected chi connectivity index (χ4v) is 2.36. The summed E-state index contributed by atoms with van der Waals surface area (Å²) in [6.07, 6.45) is 5.02. The standard InChI is InChI=1S/C13H16FN5O/c14-10-5-9(6-16-7-10)13-17-12(18-20-13)11(15)8-19-3-1-2-4-19/h5-7,11H,1-4,8,15H2. The summed E-state index contributed by atoms with van der Waals surface area (Å²) < 4.78 is 18.2. The van der Waals surface area contributed by atoms with Crippen LogP contribution in [0.25, 0.3) is 11.5 Å². The lowest BCUT2D eigenvalue weighted by Gasteiger charge is -2.17. The van der Waals surface area contributed by atoms with Crippen molar-refractivity contribution in [2.24, 2.45) is 5.73 Å². The van der Waals surface area contributed by atoms with Gasteiger partial charge in [-0.15, -0.1) is 0 Å². The van der Waals surface area contributed by atoms with Crippen molar-refractivity contribution in [2.75, 3.05) is 19.6 Å². The largest absolute Gasteiger partial charge is 0.334 e. The molecule has 3 heterocycles. The van der Waals surface area contributed by atoms with E-state index in [-0.39, 0.29) is 11.9 Å². The number of hydrogen-bond acceptors (Lipinski definition) is 6. The third-order valence-electron chi connectivity index (χ3n) is 3.38. The summed E-state index contributed by atoms with van der Waals surface area (Å²) in [6, 6.07) is 1.00. The van der Waals surface area contributed by atoms with Gasteiger partial charge in [0.15, 0.2) is 5.82 Å². The third kappa shape index (κ3) is 2.83. The van der Waals surface area contributed by atoms with E-state index in [1.807, 2.05) is 0 Å². The minimum absolute atomic E-state index is 0.240. The topological polar surface area (TPSA) is 81.1 Å². The predicted molar refractivity (Wildman–Crippen MR) is 70.1 cm³/mol. The first kappa shape index (κ1) is 13.1. The van der Waals surface area contributed by atoms with Gasteiger partial charge in [0.1, 0.15) is 5.82 Å². The molecule has 1 aliphatic rings. The molecule has 6 nitrogen and oxygen atoms in total. The van der Waals surface area contributed by atoms with Crippen molar-refractivity contribution in [2.45, 2.75) is 18.9 Å². The zero-order valence-corrected chi connectivity index (χ0v) is 11.0. The lowest BCUT2D eigenvalue weighted by Crippen LogP contribution is -2.30. The van der Waals surface area contributed by atoms with E-state index < -0.39 is 5.82 Å². The number of nitrogens with zero attached hydrogens (tertiary/aromatic N) is 4. The van der Waals surface area contributed by atoms with E-state index in [1.54, 1.807) is 0 Å². The number of aromatic nitrogens is 3. The van der Waals surface area contributed by atoms with E-state index in [2.05, 4.69) is 20.0 Å². The number of pyridine rings is 1. The summed E-state index contributed by atoms with van der Waals surface area (Å²) in [5.74, 6) is 0.239. The van der Waals surface area contributed by atoms with Gasteiger partial charge in [-0.25, -0.2) is 4.39 Å². The smallest absolute Gasteiger partial charge is 0.259 e. The molecule has 1 fully saturated rings. The molecule has 3 rings (SSSR count). The van der Waals surface area contributed by atoms with E-state index >= 15 is 0 Å². The first-order valence-electron chi connectivity index (χ1n) is 6.65. The molecule has 1 unspecified atom stereocenters. The van der Waals surface area contributed by atoms with Crippen molar-refractivity contribution < 1.29 is 8.91 Å². The Hall–Kier alpha value is -1.86. The molecule has 2 N–H and O–H groups in total. The lowest BCUT2D eigenvalue weighted by atomic mass is 10.2. The molecule has 0 radical (unpaired) electrons. The monoisotopic (exact) mass is 277 g/mol. The van der Waals surface area contributed by atoms with E-state index in [1.165, 1.54) is 25.1 Å². The van der Waals surface area contributed by atoms with E-state index in [4.69, 9.17) is 10.3 Å². The molecular formula is C13H16FN5O. The molecule has 20 heavy (non-hydrogen) atoms. The van der Waals surface area contributed by atoms with Gasteiger partial charge in [-0.1, -0.05) is 5.16 Å². The molecule has 2 aromatic heterocycles. The quantitative estimate of drug-likeness (QED) is 0.909. The van der Waals surface area contributed by atoms with E-state index in [9.17, 15) is 4.39 Å². The van der Waals surface area contributed by atoms with Crippen LogP contribution < -0.4 is 5.73 Å². The van der Waals surface area contributed by atoms with Gasteiger partial charge in [0.2, 0.25) is 0 Å². The minimum Gasteiger partial charge on any atom is -0.334 e. The van der Waals surface area contributed by atoms with Crippen molar-refractivity contribution in [1.29, 1.82) is 0 Å². The highest BCUT2D eigenvalue weighted by Crippen LogP contribution is 2.19. The zero-order chi connectivity index (χ0) is 13.9. The molecule has 0 bridgehead atoms. The number of likely N-dealkylation sites (tertiary alicyclic amines) is 1. The van der Waals surface area contributed by atoms with Crippen LogP contribution in [0.15, 0.2) is 23.0 Å². The van der Waals surface area contributed by atoms with E-state index in [0.717, 1.165) is 19.3 Å².